The van der Waals surface area contributed by atoms with E-state index in [4.69, 9.17) is 0 Å². The molecule has 8 heteroatoms. The first-order chi connectivity index (χ1) is 12.6. The van der Waals surface area contributed by atoms with E-state index < -0.39 is 0 Å². The van der Waals surface area contributed by atoms with Crippen LogP contribution in [0.15, 0.2) is 24.3 Å². The van der Waals surface area contributed by atoms with Gasteiger partial charge >= 0.3 is 0 Å². The Morgan fingerprint density at radius 2 is 1.92 bits per heavy atom. The summed E-state index contributed by atoms with van der Waals surface area (Å²) in [6.07, 6.45) is 0.802. The molecule has 1 aromatic rings. The molecule has 2 fully saturated rings. The number of Topliss-reactive ketones (excluding diaryl/α,β-unsaturated/α-hetero) is 1. The maximum absolute atomic E-state index is 13.2. The zero-order valence-corrected chi connectivity index (χ0v) is 17.0. The maximum atomic E-state index is 13.2. The van der Waals surface area contributed by atoms with Crippen molar-refractivity contribution >= 4 is 45.0 Å². The van der Waals surface area contributed by atoms with Crippen LogP contribution in [0, 0.1) is 5.92 Å². The third kappa shape index (κ3) is 5.58. The third-order valence-electron chi connectivity index (χ3n) is 4.60. The van der Waals surface area contributed by atoms with Crippen molar-refractivity contribution in [2.75, 3.05) is 36.2 Å². The second kappa shape index (κ2) is 9.92. The molecule has 0 aromatic heterocycles. The lowest BCUT2D eigenvalue weighted by Gasteiger charge is -2.26. The molecule has 2 aliphatic heterocycles. The van der Waals surface area contributed by atoms with Crippen molar-refractivity contribution in [2.45, 2.75) is 18.9 Å². The van der Waals surface area contributed by atoms with Gasteiger partial charge in [0.15, 0.2) is 5.78 Å². The number of hydrogen-bond acceptors (Lipinski definition) is 7. The molecule has 2 N–H and O–H groups in total. The third-order valence-corrected chi connectivity index (χ3v) is 7.91. The molecule has 2 aliphatic rings. The van der Waals surface area contributed by atoms with E-state index >= 15 is 0 Å². The number of benzene rings is 1. The molecular formula is C18H26N2O3S3. The van der Waals surface area contributed by atoms with Gasteiger partial charge in [-0.3, -0.25) is 14.9 Å². The first-order valence-corrected chi connectivity index (χ1v) is 12.4. The minimum absolute atomic E-state index is 0. The van der Waals surface area contributed by atoms with Crippen LogP contribution in [0.1, 0.15) is 13.4 Å². The van der Waals surface area contributed by atoms with Crippen molar-refractivity contribution in [3.05, 3.63) is 29.8 Å². The topological polar surface area (TPSA) is 69.6 Å². The lowest BCUT2D eigenvalue weighted by molar-refractivity contribution is -0.137. The van der Waals surface area contributed by atoms with E-state index in [1.165, 1.54) is 0 Å². The number of carbonyl (C=O) groups excluding carboxylic acids is 2. The molecule has 2 heterocycles. The standard InChI is InChI=1S/C18H24N2O3S3.H2/c21-15-3-1-13(2-4-15)9-14(10-17(22)16-11-24-12-19-16)18(23)20-5-7-25-26-8-6-20;/h1-4,14,16,19,21H,5-12H2;1H/t14-,16+;/m1./s1. The van der Waals surface area contributed by atoms with Crippen LogP contribution >= 0.6 is 33.3 Å². The number of thioether (sulfide) groups is 1. The molecule has 0 radical (unpaired) electrons. The Morgan fingerprint density at radius 3 is 2.54 bits per heavy atom. The second-order valence-electron chi connectivity index (χ2n) is 6.48. The zero-order valence-electron chi connectivity index (χ0n) is 14.6. The second-order valence-corrected chi connectivity index (χ2v) is 10.2. The van der Waals surface area contributed by atoms with Gasteiger partial charge in [0, 0.05) is 50.0 Å². The monoisotopic (exact) mass is 414 g/mol. The van der Waals surface area contributed by atoms with Crippen LogP contribution in [0.4, 0.5) is 0 Å². The average molecular weight is 415 g/mol. The number of amides is 1. The molecular weight excluding hydrogens is 388 g/mol. The minimum Gasteiger partial charge on any atom is -0.508 e. The van der Waals surface area contributed by atoms with Crippen LogP contribution in [0.3, 0.4) is 0 Å². The molecule has 0 saturated carbocycles. The predicted molar refractivity (Wildman–Crippen MR) is 113 cm³/mol. The van der Waals surface area contributed by atoms with E-state index in [-0.39, 0.29) is 37.2 Å². The van der Waals surface area contributed by atoms with Gasteiger partial charge in [0.1, 0.15) is 5.75 Å². The van der Waals surface area contributed by atoms with E-state index in [0.717, 1.165) is 41.8 Å². The van der Waals surface area contributed by atoms with Gasteiger partial charge in [0.2, 0.25) is 5.91 Å². The summed E-state index contributed by atoms with van der Waals surface area (Å²) in [7, 11) is 3.61. The van der Waals surface area contributed by atoms with Crippen LogP contribution in [-0.2, 0) is 16.0 Å². The summed E-state index contributed by atoms with van der Waals surface area (Å²) < 4.78 is 0. The Balaban J connectivity index is 0.00000261. The Bertz CT molecular complexity index is 619. The smallest absolute Gasteiger partial charge is 0.226 e. The van der Waals surface area contributed by atoms with E-state index in [0.29, 0.717) is 6.42 Å². The molecule has 5 nitrogen and oxygen atoms in total. The van der Waals surface area contributed by atoms with Gasteiger partial charge in [0.05, 0.1) is 6.04 Å². The van der Waals surface area contributed by atoms with Gasteiger partial charge in [-0.2, -0.15) is 0 Å². The number of rotatable bonds is 6. The Labute approximate surface area is 167 Å². The van der Waals surface area contributed by atoms with Crippen molar-refractivity contribution in [1.29, 1.82) is 0 Å². The van der Waals surface area contributed by atoms with E-state index in [1.807, 2.05) is 17.0 Å². The Morgan fingerprint density at radius 1 is 1.23 bits per heavy atom. The maximum Gasteiger partial charge on any atom is 0.226 e. The molecule has 26 heavy (non-hydrogen) atoms. The largest absolute Gasteiger partial charge is 0.508 e. The van der Waals surface area contributed by atoms with Crippen molar-refractivity contribution in [2.24, 2.45) is 5.92 Å². The summed E-state index contributed by atoms with van der Waals surface area (Å²) >= 11 is 1.72. The van der Waals surface area contributed by atoms with Crippen LogP contribution in [0.25, 0.3) is 0 Å². The first kappa shape index (κ1) is 19.9. The number of carbonyl (C=O) groups is 2. The van der Waals surface area contributed by atoms with Gasteiger partial charge in [0.25, 0.3) is 0 Å². The Kier molecular flexibility index (Phi) is 7.60. The molecule has 1 aromatic carbocycles. The molecule has 0 bridgehead atoms. The molecule has 1 amide bonds. The highest BCUT2D eigenvalue weighted by atomic mass is 33.1. The fourth-order valence-corrected chi connectivity index (χ4v) is 6.11. The minimum atomic E-state index is -0.340. The number of aromatic hydroxyl groups is 1. The molecule has 0 aliphatic carbocycles. The summed E-state index contributed by atoms with van der Waals surface area (Å²) in [5.41, 5.74) is 0.973. The number of phenols is 1. The number of nitrogens with zero attached hydrogens (tertiary/aromatic N) is 1. The highest BCUT2D eigenvalue weighted by molar-refractivity contribution is 8.76. The van der Waals surface area contributed by atoms with Crippen LogP contribution in [0.5, 0.6) is 5.75 Å². The quantitative estimate of drug-likeness (QED) is 0.694. The number of hydrogen-bond donors (Lipinski definition) is 2. The van der Waals surface area contributed by atoms with Gasteiger partial charge in [-0.05, 0) is 24.1 Å². The van der Waals surface area contributed by atoms with Gasteiger partial charge < -0.3 is 10.0 Å². The number of nitrogens with one attached hydrogen (secondary N) is 1. The summed E-state index contributed by atoms with van der Waals surface area (Å²) in [5.74, 6) is 3.53. The molecule has 0 unspecified atom stereocenters. The first-order valence-electron chi connectivity index (χ1n) is 8.78. The molecule has 2 atom stereocenters. The normalized spacial score (nSPS) is 22.0. The lowest BCUT2D eigenvalue weighted by Crippen LogP contribution is -2.42. The van der Waals surface area contributed by atoms with Crippen LogP contribution in [-0.4, -0.2) is 64.0 Å². The fourth-order valence-electron chi connectivity index (χ4n) is 3.15. The van der Waals surface area contributed by atoms with Gasteiger partial charge in [-0.1, -0.05) is 33.7 Å². The fraction of sp³-hybridized carbons (Fsp3) is 0.556. The number of ketones is 1. The zero-order chi connectivity index (χ0) is 18.4. The van der Waals surface area contributed by atoms with Crippen molar-refractivity contribution in [3.8, 4) is 5.75 Å². The number of phenolic OH excluding ortho intramolecular Hbond substituents is 1. The van der Waals surface area contributed by atoms with Crippen LogP contribution in [0.2, 0.25) is 0 Å². The van der Waals surface area contributed by atoms with Crippen molar-refractivity contribution in [3.63, 3.8) is 0 Å². The molecule has 3 rings (SSSR count). The molecule has 2 saturated heterocycles. The summed E-state index contributed by atoms with van der Waals surface area (Å²) in [6.45, 7) is 1.49. The SMILES string of the molecule is O=C(C[C@@H](Cc1ccc(O)cc1)C(=O)N1CCSSCC1)[C@@H]1CSCN1.[HH]. The van der Waals surface area contributed by atoms with Crippen molar-refractivity contribution in [1.82, 2.24) is 10.2 Å². The molecule has 144 valence electrons. The van der Waals surface area contributed by atoms with Crippen molar-refractivity contribution < 1.29 is 16.1 Å². The summed E-state index contributed by atoms with van der Waals surface area (Å²) in [6, 6.07) is 6.79. The predicted octanol–water partition coefficient (Wildman–Crippen LogP) is 2.64. The van der Waals surface area contributed by atoms with Gasteiger partial charge in [-0.25, -0.2) is 0 Å². The lowest BCUT2D eigenvalue weighted by atomic mass is 9.91. The summed E-state index contributed by atoms with van der Waals surface area (Å²) in [5, 5.41) is 12.7. The highest BCUT2D eigenvalue weighted by Crippen LogP contribution is 2.26. The van der Waals surface area contributed by atoms with Gasteiger partial charge in [-0.15, -0.1) is 11.8 Å². The van der Waals surface area contributed by atoms with Crippen LogP contribution < -0.4 is 5.32 Å². The highest BCUT2D eigenvalue weighted by Gasteiger charge is 2.31. The van der Waals surface area contributed by atoms with E-state index in [9.17, 15) is 14.7 Å². The Hall–Kier alpha value is -0.830. The summed E-state index contributed by atoms with van der Waals surface area (Å²) in [4.78, 5) is 27.7. The average Bonchev–Trinajstić information content (AvgIpc) is 3.05. The van der Waals surface area contributed by atoms with E-state index in [1.54, 1.807) is 45.5 Å². The molecule has 0 spiro atoms. The van der Waals surface area contributed by atoms with E-state index in [2.05, 4.69) is 5.32 Å².